The van der Waals surface area contributed by atoms with E-state index in [2.05, 4.69) is 0 Å². The molecule has 5 heteroatoms. The van der Waals surface area contributed by atoms with Crippen LogP contribution < -0.4 is 15.6 Å². The fourth-order valence-electron chi connectivity index (χ4n) is 1.44. The van der Waals surface area contributed by atoms with Crippen molar-refractivity contribution in [1.82, 2.24) is 0 Å². The Kier molecular flexibility index (Phi) is 3.76. The molecular formula is C14H11N3O2. The van der Waals surface area contributed by atoms with E-state index in [-0.39, 0.29) is 0 Å². The fraction of sp³-hybridized carbons (Fsp3) is 0. The van der Waals surface area contributed by atoms with E-state index in [9.17, 15) is 4.79 Å². The number of nitrogens with two attached hydrogens (primary N) is 1. The van der Waals surface area contributed by atoms with Crippen LogP contribution in [0.15, 0.2) is 54.6 Å². The summed E-state index contributed by atoms with van der Waals surface area (Å²) in [5.41, 5.74) is 0.938. The van der Waals surface area contributed by atoms with Crippen molar-refractivity contribution in [3.05, 3.63) is 60.2 Å². The highest BCUT2D eigenvalue weighted by Crippen LogP contribution is 2.15. The van der Waals surface area contributed by atoms with Crippen molar-refractivity contribution >= 4 is 11.8 Å². The van der Waals surface area contributed by atoms with Crippen molar-refractivity contribution in [2.24, 2.45) is 5.84 Å². The molecule has 0 atom stereocenters. The van der Waals surface area contributed by atoms with Gasteiger partial charge in [-0.2, -0.15) is 5.26 Å². The molecular weight excluding hydrogens is 242 g/mol. The number of nitrogens with zero attached hydrogens (tertiary/aromatic N) is 2. The van der Waals surface area contributed by atoms with Crippen molar-refractivity contribution in [2.45, 2.75) is 0 Å². The van der Waals surface area contributed by atoms with Crippen LogP contribution in [-0.4, -0.2) is 6.09 Å². The van der Waals surface area contributed by atoms with E-state index < -0.39 is 6.09 Å². The highest BCUT2D eigenvalue weighted by atomic mass is 16.6. The molecule has 2 aromatic carbocycles. The second kappa shape index (κ2) is 5.67. The summed E-state index contributed by atoms with van der Waals surface area (Å²) in [6.45, 7) is 0. The largest absolute Gasteiger partial charge is 0.434 e. The van der Waals surface area contributed by atoms with Crippen LogP contribution in [0.4, 0.5) is 10.5 Å². The molecule has 0 fully saturated rings. The molecule has 0 radical (unpaired) electrons. The first-order valence-corrected chi connectivity index (χ1v) is 5.52. The van der Waals surface area contributed by atoms with Crippen LogP contribution in [0.2, 0.25) is 0 Å². The number of nitriles is 1. The van der Waals surface area contributed by atoms with E-state index in [1.54, 1.807) is 48.5 Å². The Bertz CT molecular complexity index is 603. The molecule has 0 aliphatic carbocycles. The zero-order valence-corrected chi connectivity index (χ0v) is 9.98. The van der Waals surface area contributed by atoms with Crippen LogP contribution in [0.3, 0.4) is 0 Å². The number of amides is 1. The maximum atomic E-state index is 11.8. The molecule has 0 unspecified atom stereocenters. The van der Waals surface area contributed by atoms with Crippen molar-refractivity contribution in [1.29, 1.82) is 5.26 Å². The van der Waals surface area contributed by atoms with Crippen molar-refractivity contribution in [3.63, 3.8) is 0 Å². The molecule has 2 aromatic rings. The quantitative estimate of drug-likeness (QED) is 0.506. The van der Waals surface area contributed by atoms with E-state index in [1.807, 2.05) is 12.1 Å². The summed E-state index contributed by atoms with van der Waals surface area (Å²) in [4.78, 5) is 11.8. The van der Waals surface area contributed by atoms with Gasteiger partial charge in [-0.25, -0.2) is 15.6 Å². The van der Waals surface area contributed by atoms with Crippen LogP contribution in [0.1, 0.15) is 5.56 Å². The summed E-state index contributed by atoms with van der Waals surface area (Å²) in [6.07, 6.45) is -0.698. The summed E-state index contributed by atoms with van der Waals surface area (Å²) >= 11 is 0. The molecule has 0 heterocycles. The number of ether oxygens (including phenoxy) is 1. The van der Waals surface area contributed by atoms with Gasteiger partial charge in [0.05, 0.1) is 17.3 Å². The van der Waals surface area contributed by atoms with Crippen LogP contribution in [0.25, 0.3) is 0 Å². The third-order valence-electron chi connectivity index (χ3n) is 2.42. The number of hydrogen-bond acceptors (Lipinski definition) is 4. The van der Waals surface area contributed by atoms with Crippen molar-refractivity contribution in [2.75, 3.05) is 5.01 Å². The van der Waals surface area contributed by atoms with E-state index in [4.69, 9.17) is 15.8 Å². The molecule has 0 saturated carbocycles. The van der Waals surface area contributed by atoms with Gasteiger partial charge in [0.1, 0.15) is 5.75 Å². The highest BCUT2D eigenvalue weighted by molar-refractivity contribution is 5.87. The molecule has 0 aliphatic heterocycles. The van der Waals surface area contributed by atoms with Crippen molar-refractivity contribution < 1.29 is 9.53 Å². The summed E-state index contributed by atoms with van der Waals surface area (Å²) in [5, 5.41) is 9.57. The van der Waals surface area contributed by atoms with E-state index in [1.165, 1.54) is 0 Å². The normalized spacial score (nSPS) is 9.47. The smallest absolute Gasteiger partial charge is 0.409 e. The number of carbonyl (C=O) groups excluding carboxylic acids is 1. The van der Waals surface area contributed by atoms with E-state index in [0.29, 0.717) is 17.0 Å². The molecule has 5 nitrogen and oxygen atoms in total. The van der Waals surface area contributed by atoms with Gasteiger partial charge < -0.3 is 4.74 Å². The number of para-hydroxylation sites is 1. The third-order valence-corrected chi connectivity index (χ3v) is 2.42. The molecule has 0 aliphatic rings. The number of hydrazine groups is 1. The molecule has 2 rings (SSSR count). The predicted octanol–water partition coefficient (Wildman–Crippen LogP) is 2.44. The first-order chi connectivity index (χ1) is 9.20. The molecule has 0 bridgehead atoms. The Balaban J connectivity index is 2.08. The minimum atomic E-state index is -0.698. The van der Waals surface area contributed by atoms with Gasteiger partial charge in [0, 0.05) is 0 Å². The Labute approximate surface area is 110 Å². The van der Waals surface area contributed by atoms with Crippen LogP contribution in [0.5, 0.6) is 5.75 Å². The first-order valence-electron chi connectivity index (χ1n) is 5.52. The van der Waals surface area contributed by atoms with Gasteiger partial charge in [0.2, 0.25) is 0 Å². The molecule has 19 heavy (non-hydrogen) atoms. The summed E-state index contributed by atoms with van der Waals surface area (Å²) in [6, 6.07) is 16.9. The lowest BCUT2D eigenvalue weighted by Crippen LogP contribution is -2.39. The second-order valence-corrected chi connectivity index (χ2v) is 3.71. The van der Waals surface area contributed by atoms with Gasteiger partial charge in [-0.3, -0.25) is 0 Å². The Morgan fingerprint density at radius 3 is 2.32 bits per heavy atom. The van der Waals surface area contributed by atoms with Crippen molar-refractivity contribution in [3.8, 4) is 11.8 Å². The highest BCUT2D eigenvalue weighted by Gasteiger charge is 2.13. The fourth-order valence-corrected chi connectivity index (χ4v) is 1.44. The predicted molar refractivity (Wildman–Crippen MR) is 70.3 cm³/mol. The molecule has 0 aromatic heterocycles. The van der Waals surface area contributed by atoms with Gasteiger partial charge in [0.25, 0.3) is 0 Å². The zero-order valence-electron chi connectivity index (χ0n) is 9.98. The zero-order chi connectivity index (χ0) is 13.7. The van der Waals surface area contributed by atoms with Gasteiger partial charge >= 0.3 is 6.09 Å². The molecule has 0 spiro atoms. The standard InChI is InChI=1S/C14H11N3O2/c15-10-11-6-8-12(9-7-11)17(16)14(18)19-13-4-2-1-3-5-13/h1-9H,16H2. The molecule has 1 amide bonds. The lowest BCUT2D eigenvalue weighted by Gasteiger charge is -2.16. The number of anilines is 1. The summed E-state index contributed by atoms with van der Waals surface area (Å²) < 4.78 is 5.08. The van der Waals surface area contributed by atoms with Crippen LogP contribution in [-0.2, 0) is 0 Å². The Hall–Kier alpha value is -2.84. The average molecular weight is 253 g/mol. The first kappa shape index (κ1) is 12.6. The third kappa shape index (κ3) is 3.09. The summed E-state index contributed by atoms with van der Waals surface area (Å²) in [5.74, 6) is 6.07. The molecule has 0 saturated heterocycles. The van der Waals surface area contributed by atoms with E-state index in [0.717, 1.165) is 5.01 Å². The van der Waals surface area contributed by atoms with Crippen LogP contribution >= 0.6 is 0 Å². The van der Waals surface area contributed by atoms with Gasteiger partial charge in [0.15, 0.2) is 0 Å². The van der Waals surface area contributed by atoms with E-state index >= 15 is 0 Å². The number of carbonyl (C=O) groups is 1. The SMILES string of the molecule is N#Cc1ccc(N(N)C(=O)Oc2ccccc2)cc1. The average Bonchev–Trinajstić information content (AvgIpc) is 2.47. The minimum absolute atomic E-state index is 0.414. The molecule has 2 N–H and O–H groups in total. The minimum Gasteiger partial charge on any atom is -0.409 e. The lowest BCUT2D eigenvalue weighted by molar-refractivity contribution is 0.207. The van der Waals surface area contributed by atoms with Crippen LogP contribution in [0, 0.1) is 11.3 Å². The maximum absolute atomic E-state index is 11.8. The van der Waals surface area contributed by atoms with Gasteiger partial charge in [-0.15, -0.1) is 0 Å². The Morgan fingerprint density at radius 2 is 1.74 bits per heavy atom. The maximum Gasteiger partial charge on any atom is 0.434 e. The number of hydrogen-bond donors (Lipinski definition) is 1. The second-order valence-electron chi connectivity index (χ2n) is 3.71. The summed E-state index contributed by atoms with van der Waals surface area (Å²) in [7, 11) is 0. The topological polar surface area (TPSA) is 79.4 Å². The Morgan fingerprint density at radius 1 is 1.11 bits per heavy atom. The number of benzene rings is 2. The van der Waals surface area contributed by atoms with Gasteiger partial charge in [-0.05, 0) is 36.4 Å². The monoisotopic (exact) mass is 253 g/mol. The number of rotatable bonds is 2. The lowest BCUT2D eigenvalue weighted by atomic mass is 10.2. The molecule has 94 valence electrons. The van der Waals surface area contributed by atoms with Gasteiger partial charge in [-0.1, -0.05) is 18.2 Å².